The third-order valence-corrected chi connectivity index (χ3v) is 7.40. The number of imidazole rings is 2. The Kier molecular flexibility index (Phi) is 7.93. The van der Waals surface area contributed by atoms with Gasteiger partial charge >= 0.3 is 0 Å². The summed E-state index contributed by atoms with van der Waals surface area (Å²) in [6, 6.07) is 21.5. The zero-order chi connectivity index (χ0) is 25.6. The molecule has 3 aromatic heterocycles. The molecule has 0 fully saturated rings. The molecule has 0 radical (unpaired) electrons. The van der Waals surface area contributed by atoms with Crippen LogP contribution in [0.25, 0.3) is 33.0 Å². The van der Waals surface area contributed by atoms with Gasteiger partial charge in [0.1, 0.15) is 33.9 Å². The fraction of sp³-hybridized carbons (Fsp3) is 0.160. The third kappa shape index (κ3) is 5.58. The second-order valence-electron chi connectivity index (χ2n) is 7.93. The van der Waals surface area contributed by atoms with Gasteiger partial charge in [0.15, 0.2) is 11.8 Å². The number of pyridine rings is 1. The first-order chi connectivity index (χ1) is 18.2. The lowest BCUT2D eigenvalue weighted by molar-refractivity contribution is 0.0635. The lowest BCUT2D eigenvalue weighted by Crippen LogP contribution is -2.08. The van der Waals surface area contributed by atoms with Crippen LogP contribution < -0.4 is 0 Å². The van der Waals surface area contributed by atoms with E-state index in [9.17, 15) is 0 Å². The molecule has 0 saturated heterocycles. The summed E-state index contributed by atoms with van der Waals surface area (Å²) in [5.41, 5.74) is 13.0. The monoisotopic (exact) mass is 622 g/mol. The quantitative estimate of drug-likeness (QED) is 0.0933. The molecule has 10 nitrogen and oxygen atoms in total. The zero-order valence-corrected chi connectivity index (χ0v) is 22.6. The second kappa shape index (κ2) is 11.7. The van der Waals surface area contributed by atoms with Crippen LogP contribution in [0.5, 0.6) is 0 Å². The van der Waals surface area contributed by atoms with E-state index >= 15 is 0 Å². The molecule has 5 aromatic rings. The Morgan fingerprint density at radius 3 is 2.08 bits per heavy atom. The van der Waals surface area contributed by atoms with Crippen molar-refractivity contribution in [3.63, 3.8) is 0 Å². The third-order valence-electron chi connectivity index (χ3n) is 5.51. The Hall–Kier alpha value is -3.54. The van der Waals surface area contributed by atoms with Crippen LogP contribution in [0.1, 0.15) is 11.1 Å². The molecule has 5 rings (SSSR count). The smallest absolute Gasteiger partial charge is 0.199 e. The topological polar surface area (TPSA) is 116 Å². The molecule has 0 amide bonds. The van der Waals surface area contributed by atoms with E-state index in [1.165, 1.54) is 0 Å². The Morgan fingerprint density at radius 1 is 0.838 bits per heavy atom. The molecule has 0 aliphatic carbocycles. The number of hydrogen-bond acceptors (Lipinski definition) is 6. The molecule has 0 spiro atoms. The molecule has 0 saturated carbocycles. The molecular formula is C25H20Br2N8O2. The van der Waals surface area contributed by atoms with Crippen LogP contribution in [-0.2, 0) is 36.1 Å². The maximum atomic E-state index is 9.14. The van der Waals surface area contributed by atoms with Crippen LogP contribution in [0.2, 0.25) is 0 Å². The number of nitrogens with zero attached hydrogens (tertiary/aromatic N) is 8. The van der Waals surface area contributed by atoms with Crippen molar-refractivity contribution in [3.8, 4) is 11.5 Å². The first kappa shape index (κ1) is 25.1. The Morgan fingerprint density at radius 2 is 1.46 bits per heavy atom. The van der Waals surface area contributed by atoms with Gasteiger partial charge in [-0.3, -0.25) is 14.1 Å². The lowest BCUT2D eigenvalue weighted by atomic mass is 10.2. The van der Waals surface area contributed by atoms with Gasteiger partial charge in [0.2, 0.25) is 0 Å². The average Bonchev–Trinajstić information content (AvgIpc) is 3.42. The molecule has 2 aromatic carbocycles. The number of ether oxygens (including phenoxy) is 2. The number of hydrogen-bond donors (Lipinski definition) is 0. The minimum absolute atomic E-state index is 0.103. The predicted octanol–water partition coefficient (Wildman–Crippen LogP) is 7.11. The van der Waals surface area contributed by atoms with Gasteiger partial charge in [-0.05, 0) is 59.7 Å². The summed E-state index contributed by atoms with van der Waals surface area (Å²) in [5, 5.41) is 3.79. The van der Waals surface area contributed by atoms with E-state index in [-0.39, 0.29) is 19.4 Å². The number of aromatic nitrogens is 5. The molecule has 0 aliphatic rings. The van der Waals surface area contributed by atoms with E-state index in [0.717, 1.165) is 11.1 Å². The molecule has 0 aliphatic heterocycles. The van der Waals surface area contributed by atoms with E-state index in [4.69, 9.17) is 15.0 Å². The highest BCUT2D eigenvalue weighted by atomic mass is 79.9. The molecule has 0 atom stereocenters. The molecule has 12 heteroatoms. The first-order valence-electron chi connectivity index (χ1n) is 11.2. The van der Waals surface area contributed by atoms with Crippen molar-refractivity contribution in [3.05, 3.63) is 104 Å². The summed E-state index contributed by atoms with van der Waals surface area (Å²) in [7, 11) is 0. The van der Waals surface area contributed by atoms with E-state index in [2.05, 4.69) is 56.8 Å². The van der Waals surface area contributed by atoms with Crippen molar-refractivity contribution < 1.29 is 9.47 Å². The Bertz CT molecular complexity index is 1560. The van der Waals surface area contributed by atoms with Gasteiger partial charge in [0.05, 0.1) is 18.7 Å². The van der Waals surface area contributed by atoms with Crippen molar-refractivity contribution in [2.45, 2.75) is 26.7 Å². The van der Waals surface area contributed by atoms with Gasteiger partial charge < -0.3 is 9.47 Å². The summed E-state index contributed by atoms with van der Waals surface area (Å²) in [5.74, 6) is 0.727. The maximum absolute atomic E-state index is 9.14. The molecule has 186 valence electrons. The van der Waals surface area contributed by atoms with Gasteiger partial charge in [0, 0.05) is 11.1 Å². The van der Waals surface area contributed by atoms with Crippen LogP contribution >= 0.6 is 31.9 Å². The molecule has 37 heavy (non-hydrogen) atoms. The minimum Gasteiger partial charge on any atom is -0.356 e. The Balaban J connectivity index is 1.50. The predicted molar refractivity (Wildman–Crippen MR) is 145 cm³/mol. The molecular weight excluding hydrogens is 604 g/mol. The van der Waals surface area contributed by atoms with Crippen molar-refractivity contribution in [1.29, 1.82) is 0 Å². The summed E-state index contributed by atoms with van der Waals surface area (Å²) < 4.78 is 16.8. The van der Waals surface area contributed by atoms with Crippen molar-refractivity contribution >= 4 is 48.8 Å². The molecule has 0 bridgehead atoms. The number of azide groups is 1. The van der Waals surface area contributed by atoms with Crippen LogP contribution in [0, 0.1) is 0 Å². The van der Waals surface area contributed by atoms with Crippen LogP contribution in [-0.4, -0.2) is 24.1 Å². The number of rotatable bonds is 10. The van der Waals surface area contributed by atoms with Crippen molar-refractivity contribution in [1.82, 2.24) is 24.1 Å². The van der Waals surface area contributed by atoms with E-state index in [0.29, 0.717) is 45.0 Å². The van der Waals surface area contributed by atoms with E-state index in [1.54, 1.807) is 16.8 Å². The Labute approximate surface area is 228 Å². The zero-order valence-electron chi connectivity index (χ0n) is 19.4. The standard InChI is InChI=1S/C25H20Br2N8O2/c26-22-23(27)35(16-37-14-18-9-5-2-6-10-18)24(31-22)20-21-19(11-12-29-20)30-25(32-33-28)34(21)15-36-13-17-7-3-1-4-8-17/h1-12H,13-16H2. The van der Waals surface area contributed by atoms with Gasteiger partial charge in [-0.2, -0.15) is 0 Å². The normalized spacial score (nSPS) is 11.1. The van der Waals surface area contributed by atoms with Crippen LogP contribution in [0.15, 0.2) is 87.2 Å². The number of benzene rings is 2. The van der Waals surface area contributed by atoms with Gasteiger partial charge in [-0.1, -0.05) is 60.7 Å². The van der Waals surface area contributed by atoms with E-state index in [1.807, 2.05) is 65.2 Å². The number of halogens is 2. The first-order valence-corrected chi connectivity index (χ1v) is 12.8. The summed E-state index contributed by atoms with van der Waals surface area (Å²) >= 11 is 7.10. The summed E-state index contributed by atoms with van der Waals surface area (Å²) in [6.45, 7) is 1.15. The van der Waals surface area contributed by atoms with Crippen LogP contribution in [0.3, 0.4) is 0 Å². The highest BCUT2D eigenvalue weighted by molar-refractivity contribution is 9.13. The SMILES string of the molecule is [N-]=[N+]=Nc1nc2ccnc(-c3nc(Br)c(Br)n3COCc3ccccc3)c2n1COCc1ccccc1. The molecule has 3 heterocycles. The van der Waals surface area contributed by atoms with Gasteiger partial charge in [0.25, 0.3) is 0 Å². The summed E-state index contributed by atoms with van der Waals surface area (Å²) in [6.07, 6.45) is 1.64. The highest BCUT2D eigenvalue weighted by Crippen LogP contribution is 2.34. The van der Waals surface area contributed by atoms with Crippen molar-refractivity contribution in [2.24, 2.45) is 5.11 Å². The maximum Gasteiger partial charge on any atom is 0.199 e. The van der Waals surface area contributed by atoms with Gasteiger partial charge in [-0.15, -0.1) is 0 Å². The van der Waals surface area contributed by atoms with Crippen molar-refractivity contribution in [2.75, 3.05) is 0 Å². The van der Waals surface area contributed by atoms with Crippen LogP contribution in [0.4, 0.5) is 5.95 Å². The van der Waals surface area contributed by atoms with Gasteiger partial charge in [-0.25, -0.2) is 9.97 Å². The average molecular weight is 624 g/mol. The molecule has 0 unspecified atom stereocenters. The lowest BCUT2D eigenvalue weighted by Gasteiger charge is -2.13. The minimum atomic E-state index is 0.103. The molecule has 0 N–H and O–H groups in total. The fourth-order valence-electron chi connectivity index (χ4n) is 3.83. The highest BCUT2D eigenvalue weighted by Gasteiger charge is 2.22. The number of fused-ring (bicyclic) bond motifs is 1. The largest absolute Gasteiger partial charge is 0.356 e. The summed E-state index contributed by atoms with van der Waals surface area (Å²) in [4.78, 5) is 16.8. The van der Waals surface area contributed by atoms with E-state index < -0.39 is 0 Å². The second-order valence-corrected chi connectivity index (χ2v) is 9.43. The fourth-order valence-corrected chi connectivity index (χ4v) is 4.57.